The molecule has 2 amide bonds. The topological polar surface area (TPSA) is 80.5 Å². The van der Waals surface area contributed by atoms with Crippen LogP contribution >= 0.6 is 0 Å². The van der Waals surface area contributed by atoms with Crippen LogP contribution in [0.1, 0.15) is 28.4 Å². The average Bonchev–Trinajstić information content (AvgIpc) is 3.03. The third-order valence-corrected chi connectivity index (χ3v) is 5.51. The molecule has 29 heavy (non-hydrogen) atoms. The van der Waals surface area contributed by atoms with Crippen LogP contribution in [0, 0.1) is 11.3 Å². The number of rotatable bonds is 3. The summed E-state index contributed by atoms with van der Waals surface area (Å²) >= 11 is 0. The fourth-order valence-electron chi connectivity index (χ4n) is 3.90. The number of amides is 2. The van der Waals surface area contributed by atoms with Crippen molar-refractivity contribution in [1.82, 2.24) is 14.8 Å². The van der Waals surface area contributed by atoms with Crippen molar-refractivity contribution >= 4 is 23.3 Å². The quantitative estimate of drug-likeness (QED) is 0.806. The van der Waals surface area contributed by atoms with Crippen molar-refractivity contribution in [1.29, 1.82) is 5.26 Å². The van der Waals surface area contributed by atoms with Gasteiger partial charge in [-0.25, -0.2) is 4.98 Å². The zero-order valence-corrected chi connectivity index (χ0v) is 16.2. The van der Waals surface area contributed by atoms with E-state index in [-0.39, 0.29) is 11.8 Å². The molecular formula is C22H21N5O2. The molecule has 1 atom stereocenters. The van der Waals surface area contributed by atoms with Crippen molar-refractivity contribution in [2.45, 2.75) is 13.0 Å². The maximum atomic E-state index is 13.1. The van der Waals surface area contributed by atoms with Crippen LogP contribution < -0.4 is 4.90 Å². The number of hydrogen-bond acceptors (Lipinski definition) is 5. The number of pyridine rings is 1. The first kappa shape index (κ1) is 18.7. The third-order valence-electron chi connectivity index (χ3n) is 5.51. The van der Waals surface area contributed by atoms with Gasteiger partial charge < -0.3 is 9.80 Å². The second kappa shape index (κ2) is 7.40. The Bertz CT molecular complexity index is 998. The van der Waals surface area contributed by atoms with Crippen LogP contribution in [0.2, 0.25) is 0 Å². The van der Waals surface area contributed by atoms with Gasteiger partial charge in [-0.2, -0.15) is 5.26 Å². The highest BCUT2D eigenvalue weighted by Gasteiger charge is 2.38. The number of aromatic nitrogens is 1. The van der Waals surface area contributed by atoms with Crippen LogP contribution in [0.15, 0.2) is 49.2 Å². The van der Waals surface area contributed by atoms with Crippen LogP contribution in [-0.4, -0.2) is 58.8 Å². The Labute approximate surface area is 169 Å². The van der Waals surface area contributed by atoms with Crippen molar-refractivity contribution in [3.05, 3.63) is 65.9 Å². The summed E-state index contributed by atoms with van der Waals surface area (Å²) in [7, 11) is 0. The molecule has 0 N–H and O–H groups in total. The smallest absolute Gasteiger partial charge is 0.259 e. The van der Waals surface area contributed by atoms with Crippen molar-refractivity contribution < 1.29 is 9.59 Å². The maximum Gasteiger partial charge on any atom is 0.259 e. The van der Waals surface area contributed by atoms with Gasteiger partial charge in [0.15, 0.2) is 0 Å². The molecule has 1 saturated heterocycles. The molecule has 0 bridgehead atoms. The molecule has 7 heteroatoms. The van der Waals surface area contributed by atoms with Crippen molar-refractivity contribution in [3.63, 3.8) is 0 Å². The molecule has 2 aliphatic heterocycles. The predicted octanol–water partition coefficient (Wildman–Crippen LogP) is 2.12. The van der Waals surface area contributed by atoms with Gasteiger partial charge in [-0.1, -0.05) is 24.8 Å². The van der Waals surface area contributed by atoms with E-state index in [1.165, 1.54) is 4.90 Å². The molecule has 0 spiro atoms. The number of anilines is 1. The number of carbonyl (C=O) groups excluding carboxylic acids is 2. The molecule has 1 aromatic carbocycles. The van der Waals surface area contributed by atoms with Gasteiger partial charge in [-0.05, 0) is 25.1 Å². The van der Waals surface area contributed by atoms with Gasteiger partial charge in [-0.15, -0.1) is 0 Å². The summed E-state index contributed by atoms with van der Waals surface area (Å²) in [6, 6.07) is 12.2. The molecule has 1 unspecified atom stereocenters. The number of carbonyl (C=O) groups is 2. The summed E-state index contributed by atoms with van der Waals surface area (Å²) in [6.45, 7) is 8.09. The molecule has 0 saturated carbocycles. The van der Waals surface area contributed by atoms with E-state index >= 15 is 0 Å². The maximum absolute atomic E-state index is 13.1. The molecule has 1 aromatic heterocycles. The predicted molar refractivity (Wildman–Crippen MR) is 109 cm³/mol. The number of fused-ring (bicyclic) bond motifs is 1. The monoisotopic (exact) mass is 387 g/mol. The minimum Gasteiger partial charge on any atom is -0.353 e. The fourth-order valence-corrected chi connectivity index (χ4v) is 3.90. The van der Waals surface area contributed by atoms with E-state index in [2.05, 4.69) is 22.5 Å². The normalized spacial score (nSPS) is 17.2. The zero-order chi connectivity index (χ0) is 20.5. The number of nitrogens with zero attached hydrogens (tertiary/aromatic N) is 5. The summed E-state index contributed by atoms with van der Waals surface area (Å²) in [4.78, 5) is 35.5. The zero-order valence-electron chi connectivity index (χ0n) is 16.2. The van der Waals surface area contributed by atoms with Gasteiger partial charge in [0.05, 0.1) is 11.6 Å². The first-order chi connectivity index (χ1) is 14.0. The summed E-state index contributed by atoms with van der Waals surface area (Å²) in [5, 5.41) is 9.06. The number of benzene rings is 1. The summed E-state index contributed by atoms with van der Waals surface area (Å²) in [5.74, 6) is 0.469. The van der Waals surface area contributed by atoms with E-state index in [0.29, 0.717) is 43.0 Å². The highest BCUT2D eigenvalue weighted by molar-refractivity contribution is 6.10. The lowest BCUT2D eigenvalue weighted by Crippen LogP contribution is -2.54. The first-order valence-corrected chi connectivity index (χ1v) is 9.53. The highest BCUT2D eigenvalue weighted by atomic mass is 16.2. The van der Waals surface area contributed by atoms with Gasteiger partial charge in [0.25, 0.3) is 5.91 Å². The van der Waals surface area contributed by atoms with E-state index in [0.717, 1.165) is 11.4 Å². The summed E-state index contributed by atoms with van der Waals surface area (Å²) in [6.07, 6.45) is 1.62. The molecule has 146 valence electrons. The third kappa shape index (κ3) is 3.23. The lowest BCUT2D eigenvalue weighted by atomic mass is 10.1. The standard InChI is InChI=1S/C22H21N5O2/c1-15-18-5-3-4-6-19(18)22(29)27(15)16(2)21(28)26-11-9-25(10-12-26)20-13-17(14-23)7-8-24-20/h3-8,13,16H,1,9-12H2,2H3. The van der Waals surface area contributed by atoms with Crippen molar-refractivity contribution in [2.24, 2.45) is 0 Å². The molecule has 2 aliphatic rings. The Morgan fingerprint density at radius 1 is 1.17 bits per heavy atom. The second-order valence-electron chi connectivity index (χ2n) is 7.17. The Morgan fingerprint density at radius 2 is 1.86 bits per heavy atom. The molecule has 2 aromatic rings. The van der Waals surface area contributed by atoms with Crippen molar-refractivity contribution in [2.75, 3.05) is 31.1 Å². The van der Waals surface area contributed by atoms with E-state index < -0.39 is 6.04 Å². The SMILES string of the molecule is C=C1c2ccccc2C(=O)N1C(C)C(=O)N1CCN(c2cc(C#N)ccn2)CC1. The molecule has 7 nitrogen and oxygen atoms in total. The van der Waals surface area contributed by atoms with E-state index in [4.69, 9.17) is 5.26 Å². The van der Waals surface area contributed by atoms with Gasteiger partial charge in [-0.3, -0.25) is 14.5 Å². The highest BCUT2D eigenvalue weighted by Crippen LogP contribution is 2.33. The average molecular weight is 387 g/mol. The molecule has 0 aliphatic carbocycles. The molecule has 1 fully saturated rings. The minimum absolute atomic E-state index is 0.0920. The number of nitriles is 1. The Balaban J connectivity index is 1.43. The lowest BCUT2D eigenvalue weighted by Gasteiger charge is -2.38. The Kier molecular flexibility index (Phi) is 4.77. The Morgan fingerprint density at radius 3 is 2.52 bits per heavy atom. The lowest BCUT2D eigenvalue weighted by molar-refractivity contribution is -0.134. The first-order valence-electron chi connectivity index (χ1n) is 9.53. The summed E-state index contributed by atoms with van der Waals surface area (Å²) < 4.78 is 0. The van der Waals surface area contributed by atoms with Crippen LogP contribution in [0.25, 0.3) is 5.70 Å². The van der Waals surface area contributed by atoms with Gasteiger partial charge in [0, 0.05) is 49.2 Å². The van der Waals surface area contributed by atoms with Crippen LogP contribution in [0.3, 0.4) is 0 Å². The largest absolute Gasteiger partial charge is 0.353 e. The molecular weight excluding hydrogens is 366 g/mol. The van der Waals surface area contributed by atoms with E-state index in [1.807, 2.05) is 18.2 Å². The minimum atomic E-state index is -0.617. The number of piperazine rings is 1. The second-order valence-corrected chi connectivity index (χ2v) is 7.17. The van der Waals surface area contributed by atoms with Crippen LogP contribution in [0.5, 0.6) is 0 Å². The van der Waals surface area contributed by atoms with Crippen molar-refractivity contribution in [3.8, 4) is 6.07 Å². The van der Waals surface area contributed by atoms with E-state index in [9.17, 15) is 9.59 Å². The van der Waals surface area contributed by atoms with Gasteiger partial charge in [0.1, 0.15) is 11.9 Å². The van der Waals surface area contributed by atoms with Gasteiger partial charge >= 0.3 is 0 Å². The molecule has 3 heterocycles. The summed E-state index contributed by atoms with van der Waals surface area (Å²) in [5.41, 5.74) is 2.51. The van der Waals surface area contributed by atoms with Gasteiger partial charge in [0.2, 0.25) is 5.91 Å². The molecule has 0 radical (unpaired) electrons. The van der Waals surface area contributed by atoms with Crippen LogP contribution in [0.4, 0.5) is 5.82 Å². The number of hydrogen-bond donors (Lipinski definition) is 0. The van der Waals surface area contributed by atoms with Crippen LogP contribution in [-0.2, 0) is 4.79 Å². The Hall–Kier alpha value is -3.66. The van der Waals surface area contributed by atoms with E-state index in [1.54, 1.807) is 36.2 Å². The fraction of sp³-hybridized carbons (Fsp3) is 0.273. The molecule has 4 rings (SSSR count).